The zero-order chi connectivity index (χ0) is 41.3. The number of fused-ring (bicyclic) bond motifs is 14. The fourth-order valence-electron chi connectivity index (χ4n) is 9.70. The van der Waals surface area contributed by atoms with E-state index < -0.39 is 0 Å². The normalized spacial score (nSPS) is 12.4. The van der Waals surface area contributed by atoms with Crippen LogP contribution in [0.5, 0.6) is 0 Å². The highest BCUT2D eigenvalue weighted by Gasteiger charge is 2.27. The SMILES string of the molecule is CC(C)(C)c1nc(-c2ccccc2-n2c3ccccc3c3ccc4oc5ccccc5c4c32)nc(-c2ccccc2-n2c3ccccc3c3ccc4oc5ccccc5c4c32)n1. The van der Waals surface area contributed by atoms with E-state index in [2.05, 4.69) is 175 Å². The second-order valence-electron chi connectivity index (χ2n) is 17.2. The van der Waals surface area contributed by atoms with Gasteiger partial charge in [-0.15, -0.1) is 0 Å². The predicted molar refractivity (Wildman–Crippen MR) is 253 cm³/mol. The van der Waals surface area contributed by atoms with Gasteiger partial charge in [0.2, 0.25) is 0 Å². The minimum Gasteiger partial charge on any atom is -0.456 e. The summed E-state index contributed by atoms with van der Waals surface area (Å²) in [5, 5.41) is 8.95. The van der Waals surface area contributed by atoms with Crippen molar-refractivity contribution in [1.29, 1.82) is 0 Å². The van der Waals surface area contributed by atoms with Gasteiger partial charge in [-0.3, -0.25) is 0 Å². The van der Waals surface area contributed by atoms with Crippen LogP contribution in [-0.2, 0) is 5.41 Å². The number of nitrogens with zero attached hydrogens (tertiary/aromatic N) is 5. The van der Waals surface area contributed by atoms with Gasteiger partial charge in [0.15, 0.2) is 11.6 Å². The maximum absolute atomic E-state index is 6.46. The Bertz CT molecular complexity index is 3740. The maximum atomic E-state index is 6.46. The van der Waals surface area contributed by atoms with Crippen molar-refractivity contribution in [2.75, 3.05) is 0 Å². The molecule has 13 aromatic rings. The van der Waals surface area contributed by atoms with Crippen molar-refractivity contribution in [3.63, 3.8) is 0 Å². The molecule has 294 valence electrons. The molecule has 0 saturated heterocycles. The smallest absolute Gasteiger partial charge is 0.165 e. The van der Waals surface area contributed by atoms with Crippen LogP contribution in [0.4, 0.5) is 0 Å². The number of aromatic nitrogens is 5. The van der Waals surface area contributed by atoms with Crippen molar-refractivity contribution >= 4 is 87.5 Å². The molecule has 0 N–H and O–H groups in total. The third kappa shape index (κ3) is 4.90. The summed E-state index contributed by atoms with van der Waals surface area (Å²) < 4.78 is 17.7. The van der Waals surface area contributed by atoms with Gasteiger partial charge in [0.05, 0.1) is 44.2 Å². The average Bonchev–Trinajstić information content (AvgIpc) is 4.06. The monoisotopic (exact) mass is 799 g/mol. The average molecular weight is 800 g/mol. The van der Waals surface area contributed by atoms with E-state index >= 15 is 0 Å². The number of hydrogen-bond acceptors (Lipinski definition) is 5. The molecule has 0 atom stereocenters. The van der Waals surface area contributed by atoms with Gasteiger partial charge in [0.1, 0.15) is 28.2 Å². The molecule has 7 heteroatoms. The highest BCUT2D eigenvalue weighted by atomic mass is 16.3. The predicted octanol–water partition coefficient (Wildman–Crippen LogP) is 14.5. The molecule has 0 aliphatic rings. The zero-order valence-corrected chi connectivity index (χ0v) is 34.2. The number of hydrogen-bond donors (Lipinski definition) is 0. The number of rotatable bonds is 4. The summed E-state index contributed by atoms with van der Waals surface area (Å²) in [5.74, 6) is 1.91. The molecule has 0 aliphatic carbocycles. The fourth-order valence-corrected chi connectivity index (χ4v) is 9.70. The molecule has 7 nitrogen and oxygen atoms in total. The van der Waals surface area contributed by atoms with Gasteiger partial charge in [-0.25, -0.2) is 15.0 Å². The van der Waals surface area contributed by atoms with Crippen LogP contribution in [0.15, 0.2) is 179 Å². The minimum absolute atomic E-state index is 0.389. The molecule has 5 aromatic heterocycles. The first-order valence-electron chi connectivity index (χ1n) is 21.0. The van der Waals surface area contributed by atoms with Crippen LogP contribution in [-0.4, -0.2) is 24.1 Å². The number of para-hydroxylation sites is 6. The van der Waals surface area contributed by atoms with Crippen molar-refractivity contribution in [3.05, 3.63) is 176 Å². The summed E-state index contributed by atoms with van der Waals surface area (Å²) in [6.07, 6.45) is 0. The lowest BCUT2D eigenvalue weighted by molar-refractivity contribution is 0.543. The van der Waals surface area contributed by atoms with E-state index in [1.807, 2.05) is 24.3 Å². The second kappa shape index (κ2) is 12.7. The van der Waals surface area contributed by atoms with Crippen LogP contribution < -0.4 is 0 Å². The highest BCUT2D eigenvalue weighted by Crippen LogP contribution is 2.44. The van der Waals surface area contributed by atoms with E-state index in [-0.39, 0.29) is 5.41 Å². The van der Waals surface area contributed by atoms with Gasteiger partial charge in [0.25, 0.3) is 0 Å². The Hall–Kier alpha value is -8.03. The van der Waals surface area contributed by atoms with Crippen LogP contribution in [0.2, 0.25) is 0 Å². The van der Waals surface area contributed by atoms with Gasteiger partial charge in [-0.05, 0) is 72.8 Å². The minimum atomic E-state index is -0.389. The summed E-state index contributed by atoms with van der Waals surface area (Å²) >= 11 is 0. The van der Waals surface area contributed by atoms with Crippen LogP contribution in [0, 0.1) is 0 Å². The van der Waals surface area contributed by atoms with Gasteiger partial charge in [-0.2, -0.15) is 0 Å². The lowest BCUT2D eigenvalue weighted by atomic mass is 9.95. The molecular formula is C55H37N5O2. The molecular weight excluding hydrogens is 763 g/mol. The molecule has 0 bridgehead atoms. The molecule has 5 heterocycles. The quantitative estimate of drug-likeness (QED) is 0.177. The summed E-state index contributed by atoms with van der Waals surface area (Å²) in [7, 11) is 0. The van der Waals surface area contributed by atoms with Crippen LogP contribution in [0.3, 0.4) is 0 Å². The van der Waals surface area contributed by atoms with Gasteiger partial charge in [0, 0.05) is 48.9 Å². The zero-order valence-electron chi connectivity index (χ0n) is 34.2. The van der Waals surface area contributed by atoms with Crippen LogP contribution in [0.25, 0.3) is 122 Å². The molecule has 62 heavy (non-hydrogen) atoms. The Kier molecular flexibility index (Phi) is 7.15. The van der Waals surface area contributed by atoms with E-state index in [4.69, 9.17) is 23.8 Å². The van der Waals surface area contributed by atoms with Crippen molar-refractivity contribution in [1.82, 2.24) is 24.1 Å². The molecule has 0 unspecified atom stereocenters. The number of furan rings is 2. The highest BCUT2D eigenvalue weighted by molar-refractivity contribution is 6.26. The van der Waals surface area contributed by atoms with E-state index in [0.29, 0.717) is 17.5 Å². The van der Waals surface area contributed by atoms with Crippen molar-refractivity contribution < 1.29 is 8.83 Å². The third-order valence-electron chi connectivity index (χ3n) is 12.4. The Morgan fingerprint density at radius 3 is 1.24 bits per heavy atom. The van der Waals surface area contributed by atoms with Gasteiger partial charge < -0.3 is 18.0 Å². The molecule has 0 amide bonds. The first-order valence-corrected chi connectivity index (χ1v) is 21.0. The Balaban J connectivity index is 1.10. The second-order valence-corrected chi connectivity index (χ2v) is 17.2. The van der Waals surface area contributed by atoms with E-state index in [1.165, 1.54) is 0 Å². The molecule has 0 spiro atoms. The topological polar surface area (TPSA) is 74.8 Å². The summed E-state index contributed by atoms with van der Waals surface area (Å²) in [6.45, 7) is 6.49. The van der Waals surface area contributed by atoms with Crippen molar-refractivity contribution in [2.45, 2.75) is 26.2 Å². The largest absolute Gasteiger partial charge is 0.456 e. The lowest BCUT2D eigenvalue weighted by Crippen LogP contribution is -2.18. The number of benzene rings is 8. The standard InChI is InChI=1S/C55H37N5O2/c1-55(2,3)54-57-52(36-18-6-12-24-42(36)59-40-22-10-4-16-32(40)34-28-30-46-48(50(34)59)38-20-8-14-26-44(38)61-46)56-53(58-54)37-19-7-13-25-43(37)60-41-23-11-5-17-33(41)35-29-31-47-49(51(35)60)39-21-9-15-27-45(39)62-47/h4-31H,1-3H3. The van der Waals surface area contributed by atoms with Gasteiger partial charge in [-0.1, -0.05) is 118 Å². The summed E-state index contributed by atoms with van der Waals surface area (Å²) in [5.41, 5.74) is 11.1. The van der Waals surface area contributed by atoms with E-state index in [0.717, 1.165) is 110 Å². The van der Waals surface area contributed by atoms with Crippen LogP contribution >= 0.6 is 0 Å². The molecule has 8 aromatic carbocycles. The Morgan fingerprint density at radius 1 is 0.371 bits per heavy atom. The third-order valence-corrected chi connectivity index (χ3v) is 12.4. The first-order chi connectivity index (χ1) is 30.4. The molecule has 0 saturated carbocycles. The van der Waals surface area contributed by atoms with Crippen molar-refractivity contribution in [2.24, 2.45) is 0 Å². The maximum Gasteiger partial charge on any atom is 0.165 e. The molecule has 0 radical (unpaired) electrons. The first kappa shape index (κ1) is 34.8. The van der Waals surface area contributed by atoms with Crippen LogP contribution in [0.1, 0.15) is 26.6 Å². The summed E-state index contributed by atoms with van der Waals surface area (Å²) in [6, 6.07) is 59.3. The Morgan fingerprint density at radius 2 is 0.774 bits per heavy atom. The molecule has 0 fully saturated rings. The van der Waals surface area contributed by atoms with E-state index in [9.17, 15) is 0 Å². The fraction of sp³-hybridized carbons (Fsp3) is 0.0727. The van der Waals surface area contributed by atoms with Gasteiger partial charge >= 0.3 is 0 Å². The lowest BCUT2D eigenvalue weighted by Gasteiger charge is -2.20. The Labute approximate surface area is 355 Å². The molecule has 0 aliphatic heterocycles. The van der Waals surface area contributed by atoms with Crippen molar-refractivity contribution in [3.8, 4) is 34.2 Å². The summed E-state index contributed by atoms with van der Waals surface area (Å²) in [4.78, 5) is 16.1. The van der Waals surface area contributed by atoms with E-state index in [1.54, 1.807) is 0 Å². The molecule has 13 rings (SSSR count).